The van der Waals surface area contributed by atoms with Crippen LogP contribution < -0.4 is 0 Å². The van der Waals surface area contributed by atoms with Crippen molar-refractivity contribution in [3.8, 4) is 0 Å². The van der Waals surface area contributed by atoms with Gasteiger partial charge in [0.2, 0.25) is 6.35 Å². The maximum atomic E-state index is 8.60. The molecule has 4 heteroatoms. The fourth-order valence-corrected chi connectivity index (χ4v) is 0.399. The van der Waals surface area contributed by atoms with Crippen LogP contribution in [0, 0.1) is 0 Å². The molecule has 0 fully saturated rings. The van der Waals surface area contributed by atoms with E-state index >= 15 is 0 Å². The molecule has 1 aliphatic heterocycles. The van der Waals surface area contributed by atoms with Crippen LogP contribution in [-0.2, 0) is 0 Å². The molecule has 44 valence electrons. The van der Waals surface area contributed by atoms with Crippen molar-refractivity contribution in [3.63, 3.8) is 0 Å². The number of aliphatic imine (C=N–C) groups is 1. The summed E-state index contributed by atoms with van der Waals surface area (Å²) in [6, 6.07) is 0. The van der Waals surface area contributed by atoms with Crippen molar-refractivity contribution in [2.45, 2.75) is 6.35 Å². The number of aliphatic hydroxyl groups is 1. The van der Waals surface area contributed by atoms with Crippen molar-refractivity contribution in [1.29, 1.82) is 0 Å². The molecule has 0 saturated heterocycles. The van der Waals surface area contributed by atoms with Gasteiger partial charge in [-0.2, -0.15) is 0 Å². The summed E-state index contributed by atoms with van der Waals surface area (Å²) in [5.74, 6) is 0. The van der Waals surface area contributed by atoms with Gasteiger partial charge in [-0.15, -0.1) is 0 Å². The highest BCUT2D eigenvalue weighted by atomic mass is 16.5. The van der Waals surface area contributed by atoms with E-state index in [1.807, 2.05) is 0 Å². The third-order valence-electron chi connectivity index (χ3n) is 0.781. The SMILES string of the molecule is OC1N=CC=CN1O. The topological polar surface area (TPSA) is 56.1 Å². The van der Waals surface area contributed by atoms with E-state index in [0.717, 1.165) is 0 Å². The number of rotatable bonds is 0. The zero-order valence-electron chi connectivity index (χ0n) is 4.10. The lowest BCUT2D eigenvalue weighted by molar-refractivity contribution is -0.154. The summed E-state index contributed by atoms with van der Waals surface area (Å²) in [6.07, 6.45) is 3.13. The molecule has 0 bridgehead atoms. The predicted molar refractivity (Wildman–Crippen MR) is 27.3 cm³/mol. The molecule has 0 aromatic heterocycles. The Kier molecular flexibility index (Phi) is 1.27. The molecule has 1 aliphatic rings. The summed E-state index contributed by atoms with van der Waals surface area (Å²) in [6.45, 7) is 0. The minimum atomic E-state index is -1.13. The Morgan fingerprint density at radius 2 is 2.38 bits per heavy atom. The number of hydrogen-bond acceptors (Lipinski definition) is 4. The number of nitrogens with zero attached hydrogens (tertiary/aromatic N) is 2. The second-order valence-corrected chi connectivity index (χ2v) is 1.37. The van der Waals surface area contributed by atoms with Gasteiger partial charge in [0.15, 0.2) is 0 Å². The molecule has 0 saturated carbocycles. The molecule has 1 atom stereocenters. The summed E-state index contributed by atoms with van der Waals surface area (Å²) in [4.78, 5) is 3.43. The highest BCUT2D eigenvalue weighted by molar-refractivity contribution is 5.71. The van der Waals surface area contributed by atoms with Crippen LogP contribution in [-0.4, -0.2) is 27.9 Å². The molecule has 0 aliphatic carbocycles. The molecule has 0 aromatic rings. The van der Waals surface area contributed by atoms with E-state index in [1.54, 1.807) is 0 Å². The van der Waals surface area contributed by atoms with Gasteiger partial charge >= 0.3 is 0 Å². The zero-order valence-corrected chi connectivity index (χ0v) is 4.10. The van der Waals surface area contributed by atoms with Gasteiger partial charge in [0.25, 0.3) is 0 Å². The molecular formula is C4H6N2O2. The zero-order chi connectivity index (χ0) is 5.98. The third kappa shape index (κ3) is 0.853. The van der Waals surface area contributed by atoms with Gasteiger partial charge in [-0.1, -0.05) is 0 Å². The Balaban J connectivity index is 2.59. The van der Waals surface area contributed by atoms with Crippen molar-refractivity contribution in [1.82, 2.24) is 5.06 Å². The molecular weight excluding hydrogens is 108 g/mol. The van der Waals surface area contributed by atoms with Crippen LogP contribution in [0.5, 0.6) is 0 Å². The lowest BCUT2D eigenvalue weighted by Crippen LogP contribution is -2.26. The maximum absolute atomic E-state index is 8.60. The summed E-state index contributed by atoms with van der Waals surface area (Å²) in [5, 5.41) is 17.8. The van der Waals surface area contributed by atoms with Crippen LogP contribution in [0.1, 0.15) is 0 Å². The molecule has 0 amide bonds. The first-order chi connectivity index (χ1) is 3.80. The molecule has 4 nitrogen and oxygen atoms in total. The van der Waals surface area contributed by atoms with Gasteiger partial charge < -0.3 is 5.11 Å². The van der Waals surface area contributed by atoms with Crippen LogP contribution >= 0.6 is 0 Å². The van der Waals surface area contributed by atoms with Crippen molar-refractivity contribution in [3.05, 3.63) is 12.3 Å². The minimum absolute atomic E-state index is 0.611. The summed E-state index contributed by atoms with van der Waals surface area (Å²) < 4.78 is 0. The number of allylic oxidation sites excluding steroid dienone is 1. The van der Waals surface area contributed by atoms with Gasteiger partial charge in [0.1, 0.15) is 0 Å². The Hall–Kier alpha value is -0.870. The first kappa shape index (κ1) is 5.27. The second-order valence-electron chi connectivity index (χ2n) is 1.37. The molecule has 0 radical (unpaired) electrons. The summed E-state index contributed by atoms with van der Waals surface area (Å²) in [5.41, 5.74) is 0. The van der Waals surface area contributed by atoms with E-state index in [9.17, 15) is 0 Å². The van der Waals surface area contributed by atoms with Gasteiger partial charge in [-0.25, -0.2) is 10.1 Å². The van der Waals surface area contributed by atoms with Crippen LogP contribution in [0.4, 0.5) is 0 Å². The minimum Gasteiger partial charge on any atom is -0.353 e. The fourth-order valence-electron chi connectivity index (χ4n) is 0.399. The van der Waals surface area contributed by atoms with Crippen LogP contribution in [0.3, 0.4) is 0 Å². The molecule has 8 heavy (non-hydrogen) atoms. The molecule has 0 aromatic carbocycles. The van der Waals surface area contributed by atoms with Gasteiger partial charge in [0, 0.05) is 12.4 Å². The monoisotopic (exact) mass is 114 g/mol. The van der Waals surface area contributed by atoms with Gasteiger partial charge in [-0.3, -0.25) is 5.21 Å². The maximum Gasteiger partial charge on any atom is 0.247 e. The highest BCUT2D eigenvalue weighted by Crippen LogP contribution is 1.96. The van der Waals surface area contributed by atoms with Crippen LogP contribution in [0.25, 0.3) is 0 Å². The van der Waals surface area contributed by atoms with E-state index in [1.165, 1.54) is 18.5 Å². The van der Waals surface area contributed by atoms with E-state index in [2.05, 4.69) is 4.99 Å². The first-order valence-electron chi connectivity index (χ1n) is 2.16. The predicted octanol–water partition coefficient (Wildman–Crippen LogP) is -0.448. The molecule has 0 spiro atoms. The van der Waals surface area contributed by atoms with Crippen molar-refractivity contribution in [2.24, 2.45) is 4.99 Å². The van der Waals surface area contributed by atoms with E-state index < -0.39 is 6.35 Å². The summed E-state index contributed by atoms with van der Waals surface area (Å²) in [7, 11) is 0. The van der Waals surface area contributed by atoms with E-state index in [0.29, 0.717) is 5.06 Å². The fraction of sp³-hybridized carbons (Fsp3) is 0.250. The van der Waals surface area contributed by atoms with Crippen LogP contribution in [0.15, 0.2) is 17.3 Å². The van der Waals surface area contributed by atoms with E-state index in [-0.39, 0.29) is 0 Å². The largest absolute Gasteiger partial charge is 0.353 e. The number of hydroxylamine groups is 2. The van der Waals surface area contributed by atoms with Crippen molar-refractivity contribution >= 4 is 6.21 Å². The molecule has 1 rings (SSSR count). The lowest BCUT2D eigenvalue weighted by Gasteiger charge is -2.16. The van der Waals surface area contributed by atoms with E-state index in [4.69, 9.17) is 10.3 Å². The lowest BCUT2D eigenvalue weighted by atomic mass is 10.6. The Morgan fingerprint density at radius 1 is 1.62 bits per heavy atom. The van der Waals surface area contributed by atoms with Crippen molar-refractivity contribution < 1.29 is 10.3 Å². The Labute approximate surface area is 46.3 Å². The highest BCUT2D eigenvalue weighted by Gasteiger charge is 2.06. The normalized spacial score (nSPS) is 26.8. The quantitative estimate of drug-likeness (QED) is 0.448. The van der Waals surface area contributed by atoms with Crippen LogP contribution in [0.2, 0.25) is 0 Å². The van der Waals surface area contributed by atoms with Crippen molar-refractivity contribution in [2.75, 3.05) is 0 Å². The molecule has 2 N–H and O–H groups in total. The third-order valence-corrected chi connectivity index (χ3v) is 0.781. The van der Waals surface area contributed by atoms with Gasteiger partial charge in [0.05, 0.1) is 0 Å². The first-order valence-corrected chi connectivity index (χ1v) is 2.16. The average molecular weight is 114 g/mol. The molecule has 1 heterocycles. The number of aliphatic hydroxyl groups excluding tert-OH is 1. The average Bonchev–Trinajstić information content (AvgIpc) is 1.77. The second kappa shape index (κ2) is 1.94. The Bertz CT molecular complexity index is 116. The summed E-state index contributed by atoms with van der Waals surface area (Å²) >= 11 is 0. The van der Waals surface area contributed by atoms with Gasteiger partial charge in [-0.05, 0) is 6.08 Å². The smallest absolute Gasteiger partial charge is 0.247 e. The standard InChI is InChI=1S/C4H6N2O2/c7-4-5-2-1-3-6(4)8/h1-4,7-8H. The Morgan fingerprint density at radius 3 is 2.75 bits per heavy atom. The number of hydrogen-bond donors (Lipinski definition) is 2. The molecule has 1 unspecified atom stereocenters.